The molecule has 0 amide bonds. The molecule has 0 unspecified atom stereocenters. The third-order valence-electron chi connectivity index (χ3n) is 23.5. The first-order valence-corrected chi connectivity index (χ1v) is 40.7. The maximum Gasteiger partial charge on any atom is 0.0641 e. The second-order valence-electron chi connectivity index (χ2n) is 29.7. The molecule has 0 spiro atoms. The third-order valence-corrected chi connectivity index (χ3v) is 25.9. The lowest BCUT2D eigenvalue weighted by atomic mass is 9.91. The highest BCUT2D eigenvalue weighted by atomic mass is 32.1. The zero-order valence-electron chi connectivity index (χ0n) is 61.9. The fraction of sp³-hybridized carbons (Fsp3) is 0. The van der Waals surface area contributed by atoms with Crippen molar-refractivity contribution in [1.29, 1.82) is 0 Å². The SMILES string of the molecule is c1ccc(-c2ccccc2-c2ccc(-n3c4ccccc4c4cc(-c5ccc6c(c5)c5ccccc5n6-c5ccccc5)ccc43)c3sc4ccccc4c23)cc1.c1ccc(-c2ccccc2-c2ccc(-n3c4ccccc4c4cc(-c5cccc6c5c5ccccc5n6-c5ccccc5)ccc43)c3sc4ccccc4c23)cc1. The number of hydrogen-bond acceptors (Lipinski definition) is 2. The van der Waals surface area contributed by atoms with Crippen molar-refractivity contribution < 1.29 is 0 Å². The molecule has 6 aromatic heterocycles. The van der Waals surface area contributed by atoms with Crippen LogP contribution in [0.2, 0.25) is 0 Å². The van der Waals surface area contributed by atoms with Crippen molar-refractivity contribution in [3.63, 3.8) is 0 Å². The molecule has 24 rings (SSSR count). The third kappa shape index (κ3) is 10.4. The summed E-state index contributed by atoms with van der Waals surface area (Å²) in [4.78, 5) is 0. The first-order valence-electron chi connectivity index (χ1n) is 39.0. The Hall–Kier alpha value is -14.4. The summed E-state index contributed by atoms with van der Waals surface area (Å²) in [5.41, 5.74) is 29.3. The van der Waals surface area contributed by atoms with Crippen LogP contribution >= 0.6 is 22.7 Å². The number of para-hydroxylation sites is 6. The van der Waals surface area contributed by atoms with Gasteiger partial charge in [0.2, 0.25) is 0 Å². The molecule has 24 aromatic rings. The molecule has 6 heterocycles. The summed E-state index contributed by atoms with van der Waals surface area (Å²) < 4.78 is 15.0. The molecule has 6 heteroatoms. The second kappa shape index (κ2) is 26.7. The first-order chi connectivity index (χ1) is 56.6. The molecule has 0 atom stereocenters. The standard InChI is InChI=1S/2C54H34N2S/c1-3-16-35(17-4-1)38-20-7-8-21-40(38)42-31-33-50(54-53(42)44-24-11-14-29-51(44)57-54)56-46-26-12-9-22-41(46)45-34-36(30-32-48(45)56)39-25-15-28-49-52(39)43-23-10-13-27-47(43)55(49)37-18-5-2-6-19-37;1-3-15-35(16-4-1)39-19-7-8-20-40(39)43-29-32-51(54-53(43)44-23-11-14-26-52(44)57-54)56-48-25-13-10-22-42(48)46-34-37(28-31-50(46)56)36-27-30-49-45(33-36)41-21-9-12-24-47(41)55(49)38-17-5-2-6-18-38/h2*1-34H. The molecule has 0 saturated carbocycles. The van der Waals surface area contributed by atoms with Crippen LogP contribution in [0.1, 0.15) is 0 Å². The highest BCUT2D eigenvalue weighted by molar-refractivity contribution is 7.26. The second-order valence-corrected chi connectivity index (χ2v) is 31.8. The topological polar surface area (TPSA) is 19.7 Å². The summed E-state index contributed by atoms with van der Waals surface area (Å²) in [7, 11) is 0. The molecule has 0 aliphatic rings. The van der Waals surface area contributed by atoms with Gasteiger partial charge in [-0.2, -0.15) is 0 Å². The monoisotopic (exact) mass is 1480 g/mol. The van der Waals surface area contributed by atoms with Gasteiger partial charge in [0.15, 0.2) is 0 Å². The van der Waals surface area contributed by atoms with E-state index in [2.05, 4.69) is 431 Å². The van der Waals surface area contributed by atoms with Gasteiger partial charge in [-0.1, -0.05) is 297 Å². The van der Waals surface area contributed by atoms with Crippen LogP contribution in [0.4, 0.5) is 0 Å². The number of nitrogens with zero attached hydrogens (tertiary/aromatic N) is 4. The van der Waals surface area contributed by atoms with E-state index < -0.39 is 0 Å². The molecule has 0 bridgehead atoms. The average Bonchev–Trinajstić information content (AvgIpc) is 1.57. The Kier molecular flexibility index (Phi) is 15.3. The Morgan fingerprint density at radius 2 is 0.474 bits per heavy atom. The molecule has 532 valence electrons. The van der Waals surface area contributed by atoms with Crippen molar-refractivity contribution in [2.75, 3.05) is 0 Å². The van der Waals surface area contributed by atoms with E-state index in [1.165, 1.54) is 217 Å². The fourth-order valence-electron chi connectivity index (χ4n) is 18.5. The lowest BCUT2D eigenvalue weighted by Gasteiger charge is -2.15. The Bertz CT molecular complexity index is 7970. The Morgan fingerprint density at radius 1 is 0.158 bits per heavy atom. The van der Waals surface area contributed by atoms with Gasteiger partial charge < -0.3 is 18.3 Å². The van der Waals surface area contributed by atoms with E-state index in [-0.39, 0.29) is 0 Å². The summed E-state index contributed by atoms with van der Waals surface area (Å²) in [6.07, 6.45) is 0. The fourth-order valence-corrected chi connectivity index (χ4v) is 21.0. The van der Waals surface area contributed by atoms with Crippen LogP contribution in [0, 0.1) is 0 Å². The van der Waals surface area contributed by atoms with Gasteiger partial charge in [-0.15, -0.1) is 22.7 Å². The van der Waals surface area contributed by atoms with E-state index >= 15 is 0 Å². The molecular weight excluding hydrogens is 1420 g/mol. The molecule has 0 radical (unpaired) electrons. The lowest BCUT2D eigenvalue weighted by molar-refractivity contribution is 1.18. The van der Waals surface area contributed by atoms with Crippen molar-refractivity contribution in [2.45, 2.75) is 0 Å². The number of fused-ring (bicyclic) bond motifs is 18. The van der Waals surface area contributed by atoms with Gasteiger partial charge in [-0.3, -0.25) is 0 Å². The van der Waals surface area contributed by atoms with Crippen LogP contribution in [0.3, 0.4) is 0 Å². The summed E-state index contributed by atoms with van der Waals surface area (Å²) in [5.74, 6) is 0. The number of hydrogen-bond donors (Lipinski definition) is 0. The highest BCUT2D eigenvalue weighted by Gasteiger charge is 2.26. The number of aromatic nitrogens is 4. The number of rotatable bonds is 10. The first kappa shape index (κ1) is 65.5. The number of benzene rings is 18. The zero-order valence-corrected chi connectivity index (χ0v) is 63.5. The quantitative estimate of drug-likeness (QED) is 0.130. The van der Waals surface area contributed by atoms with E-state index in [0.29, 0.717) is 0 Å². The van der Waals surface area contributed by atoms with Crippen LogP contribution in [-0.2, 0) is 0 Å². The van der Waals surface area contributed by atoms with Gasteiger partial charge in [-0.05, 0) is 182 Å². The van der Waals surface area contributed by atoms with Crippen LogP contribution in [0.15, 0.2) is 413 Å². The van der Waals surface area contributed by atoms with Gasteiger partial charge in [-0.25, -0.2) is 0 Å². The number of thiophene rings is 2. The molecule has 0 aliphatic heterocycles. The molecule has 18 aromatic carbocycles. The van der Waals surface area contributed by atoms with Crippen molar-refractivity contribution in [1.82, 2.24) is 18.3 Å². The molecular formula is C108H68N4S2. The summed E-state index contributed by atoms with van der Waals surface area (Å²) >= 11 is 3.79. The molecule has 0 saturated heterocycles. The van der Waals surface area contributed by atoms with Crippen molar-refractivity contribution in [3.8, 4) is 89.5 Å². The predicted molar refractivity (Wildman–Crippen MR) is 489 cm³/mol. The highest BCUT2D eigenvalue weighted by Crippen LogP contribution is 2.51. The molecule has 4 nitrogen and oxygen atoms in total. The minimum atomic E-state index is 1.17. The summed E-state index contributed by atoms with van der Waals surface area (Å²) in [6.45, 7) is 0. The Balaban J connectivity index is 0.000000135. The lowest BCUT2D eigenvalue weighted by Crippen LogP contribution is -1.95. The molecule has 114 heavy (non-hydrogen) atoms. The smallest absolute Gasteiger partial charge is 0.0641 e. The van der Waals surface area contributed by atoms with E-state index in [9.17, 15) is 0 Å². The molecule has 0 fully saturated rings. The van der Waals surface area contributed by atoms with E-state index in [1.807, 2.05) is 22.7 Å². The van der Waals surface area contributed by atoms with Crippen LogP contribution < -0.4 is 0 Å². The molecule has 0 N–H and O–H groups in total. The Labute approximate surface area is 665 Å². The normalized spacial score (nSPS) is 11.9. The van der Waals surface area contributed by atoms with Crippen LogP contribution in [-0.4, -0.2) is 18.3 Å². The van der Waals surface area contributed by atoms with Gasteiger partial charge in [0, 0.05) is 85.4 Å². The van der Waals surface area contributed by atoms with Gasteiger partial charge in [0.05, 0.1) is 64.9 Å². The summed E-state index contributed by atoms with van der Waals surface area (Å²) in [5, 5.41) is 15.3. The van der Waals surface area contributed by atoms with Crippen molar-refractivity contribution in [3.05, 3.63) is 413 Å². The largest absolute Gasteiger partial charge is 0.309 e. The molecule has 0 aliphatic carbocycles. The van der Waals surface area contributed by atoms with Crippen molar-refractivity contribution >= 4 is 150 Å². The minimum Gasteiger partial charge on any atom is -0.309 e. The van der Waals surface area contributed by atoms with Gasteiger partial charge in [0.1, 0.15) is 0 Å². The maximum absolute atomic E-state index is 2.50. The maximum atomic E-state index is 2.50. The Morgan fingerprint density at radius 3 is 0.939 bits per heavy atom. The van der Waals surface area contributed by atoms with E-state index in [0.717, 1.165) is 0 Å². The van der Waals surface area contributed by atoms with Crippen molar-refractivity contribution in [2.24, 2.45) is 0 Å². The minimum absolute atomic E-state index is 1.17. The van der Waals surface area contributed by atoms with Gasteiger partial charge >= 0.3 is 0 Å². The van der Waals surface area contributed by atoms with E-state index in [4.69, 9.17) is 0 Å². The van der Waals surface area contributed by atoms with Gasteiger partial charge in [0.25, 0.3) is 0 Å². The van der Waals surface area contributed by atoms with Crippen LogP contribution in [0.25, 0.3) is 217 Å². The van der Waals surface area contributed by atoms with E-state index in [1.54, 1.807) is 0 Å². The average molecular weight is 1490 g/mol. The zero-order chi connectivity index (χ0) is 74.9. The van der Waals surface area contributed by atoms with Crippen LogP contribution in [0.5, 0.6) is 0 Å². The predicted octanol–water partition coefficient (Wildman–Crippen LogP) is 30.5. The summed E-state index contributed by atoms with van der Waals surface area (Å²) in [6, 6.07) is 151.